The maximum absolute atomic E-state index is 12.9. The highest BCUT2D eigenvalue weighted by molar-refractivity contribution is 9.09. The normalized spacial score (nSPS) is 12.5. The van der Waals surface area contributed by atoms with E-state index in [1.807, 2.05) is 0 Å². The van der Waals surface area contributed by atoms with Crippen molar-refractivity contribution in [1.29, 1.82) is 0 Å². The summed E-state index contributed by atoms with van der Waals surface area (Å²) in [7, 11) is 0. The summed E-state index contributed by atoms with van der Waals surface area (Å²) in [6.45, 7) is 5.12. The van der Waals surface area contributed by atoms with Crippen LogP contribution in [0.2, 0.25) is 0 Å². The number of rotatable bonds is 4. The van der Waals surface area contributed by atoms with Crippen LogP contribution in [0.5, 0.6) is 0 Å². The van der Waals surface area contributed by atoms with Crippen molar-refractivity contribution in [3.05, 3.63) is 59.3 Å². The van der Waals surface area contributed by atoms with Crippen molar-refractivity contribution in [2.24, 2.45) is 0 Å². The predicted octanol–water partition coefficient (Wildman–Crippen LogP) is 6.34. The third-order valence-corrected chi connectivity index (χ3v) is 4.35. The minimum atomic E-state index is -4.54. The van der Waals surface area contributed by atoms with Gasteiger partial charge < -0.3 is 4.74 Å². The van der Waals surface area contributed by atoms with Crippen LogP contribution in [0, 0.1) is 0 Å². The molecule has 1 N–H and O–H groups in total. The molecule has 0 fully saturated rings. The monoisotopic (exact) mass is 538 g/mol. The fourth-order valence-corrected chi connectivity index (χ4v) is 2.78. The van der Waals surface area contributed by atoms with E-state index in [1.165, 1.54) is 30.5 Å². The van der Waals surface area contributed by atoms with Crippen LogP contribution >= 0.6 is 32.9 Å². The van der Waals surface area contributed by atoms with E-state index >= 15 is 0 Å². The highest BCUT2D eigenvalue weighted by Crippen LogP contribution is 2.32. The van der Waals surface area contributed by atoms with Gasteiger partial charge in [0.15, 0.2) is 5.78 Å². The molecule has 2 aromatic rings. The molecule has 0 aliphatic heterocycles. The molecule has 5 nitrogen and oxygen atoms in total. The Morgan fingerprint density at radius 2 is 1.79 bits per heavy atom. The van der Waals surface area contributed by atoms with Crippen molar-refractivity contribution in [3.63, 3.8) is 0 Å². The summed E-state index contributed by atoms with van der Waals surface area (Å²) >= 11 is 3.21. The molecule has 0 bridgehead atoms. The van der Waals surface area contributed by atoms with E-state index in [0.717, 1.165) is 12.1 Å². The number of amides is 1. The van der Waals surface area contributed by atoms with Crippen molar-refractivity contribution < 1.29 is 27.5 Å². The number of hydrogen-bond acceptors (Lipinski definition) is 4. The number of benzene rings is 1. The fourth-order valence-electron chi connectivity index (χ4n) is 2.23. The molecule has 1 aromatic heterocycles. The number of carbonyl (C=O) groups excluding carboxylic acids is 2. The lowest BCUT2D eigenvalue weighted by Gasteiger charge is -2.19. The number of ether oxygens (including phenoxy) is 1. The molecule has 1 aromatic carbocycles. The largest absolute Gasteiger partial charge is 0.444 e. The van der Waals surface area contributed by atoms with Gasteiger partial charge in [-0.15, -0.1) is 17.0 Å². The molecule has 0 saturated carbocycles. The summed E-state index contributed by atoms with van der Waals surface area (Å²) in [6, 6.07) is 7.15. The maximum Gasteiger partial charge on any atom is 0.416 e. The molecule has 29 heavy (non-hydrogen) atoms. The highest BCUT2D eigenvalue weighted by Gasteiger charge is 2.31. The second-order valence-corrected chi connectivity index (χ2v) is 7.82. The van der Waals surface area contributed by atoms with E-state index in [1.54, 1.807) is 20.8 Å². The Morgan fingerprint density at radius 1 is 1.14 bits per heavy atom. The zero-order valence-electron chi connectivity index (χ0n) is 15.7. The van der Waals surface area contributed by atoms with Gasteiger partial charge in [-0.3, -0.25) is 10.1 Å². The maximum atomic E-state index is 12.9. The zero-order valence-corrected chi connectivity index (χ0v) is 19.0. The molecule has 0 radical (unpaired) electrons. The van der Waals surface area contributed by atoms with Crippen molar-refractivity contribution in [3.8, 4) is 0 Å². The van der Waals surface area contributed by atoms with Gasteiger partial charge in [0.25, 0.3) is 0 Å². The number of Topliss-reactive ketones (excluding diaryl/α,β-unsaturated/α-hetero) is 1. The third kappa shape index (κ3) is 7.43. The lowest BCUT2D eigenvalue weighted by atomic mass is 10.0. The number of alkyl halides is 4. The molecule has 10 heteroatoms. The molecule has 158 valence electrons. The van der Waals surface area contributed by atoms with Gasteiger partial charge in [0.05, 0.1) is 5.56 Å². The van der Waals surface area contributed by atoms with Gasteiger partial charge in [0, 0.05) is 11.8 Å². The Morgan fingerprint density at radius 3 is 2.38 bits per heavy atom. The molecular formula is C19H19Br2F3N2O3. The molecule has 1 amide bonds. The van der Waals surface area contributed by atoms with Gasteiger partial charge in [-0.1, -0.05) is 28.1 Å². The van der Waals surface area contributed by atoms with Crippen LogP contribution in [0.1, 0.15) is 47.1 Å². The van der Waals surface area contributed by atoms with Crippen LogP contribution in [-0.2, 0) is 10.9 Å². The molecular weight excluding hydrogens is 521 g/mol. The summed E-state index contributed by atoms with van der Waals surface area (Å²) < 4.78 is 43.7. The van der Waals surface area contributed by atoms with Crippen molar-refractivity contribution in [2.45, 2.75) is 37.4 Å². The quantitative estimate of drug-likeness (QED) is 0.363. The van der Waals surface area contributed by atoms with Crippen LogP contribution in [0.4, 0.5) is 23.8 Å². The number of anilines is 1. The second-order valence-electron chi connectivity index (χ2n) is 6.91. The number of ketones is 1. The van der Waals surface area contributed by atoms with Crippen LogP contribution in [0.3, 0.4) is 0 Å². The summed E-state index contributed by atoms with van der Waals surface area (Å²) in [5.41, 5.74) is -1.27. The molecule has 0 saturated heterocycles. The van der Waals surface area contributed by atoms with E-state index < -0.39 is 34.0 Å². The number of carbonyl (C=O) groups is 2. The van der Waals surface area contributed by atoms with Crippen molar-refractivity contribution in [2.75, 3.05) is 5.32 Å². The van der Waals surface area contributed by atoms with E-state index in [-0.39, 0.29) is 28.4 Å². The van der Waals surface area contributed by atoms with Gasteiger partial charge in [0.2, 0.25) is 0 Å². The summed E-state index contributed by atoms with van der Waals surface area (Å²) in [5, 5.41) is 2.45. The smallest absolute Gasteiger partial charge is 0.416 e. The summed E-state index contributed by atoms with van der Waals surface area (Å²) in [4.78, 5) is 27.5. The standard InChI is InChI=1S/C19H18BrF3N2O3.BrH/c1-18(2,3)28-17(27)25-14-10-11(7-8-24-14)15(20)16(26)12-5-4-6-13(9-12)19(21,22)23;/h4-10,15H,1-3H3,(H,24,25,27);1H. The molecule has 0 spiro atoms. The van der Waals surface area contributed by atoms with Crippen LogP contribution in [-0.4, -0.2) is 22.5 Å². The Labute approximate surface area is 184 Å². The first-order valence-corrected chi connectivity index (χ1v) is 9.10. The number of nitrogens with one attached hydrogen (secondary N) is 1. The van der Waals surface area contributed by atoms with Gasteiger partial charge in [-0.25, -0.2) is 9.78 Å². The summed E-state index contributed by atoms with van der Waals surface area (Å²) in [6.07, 6.45) is -3.89. The van der Waals surface area contributed by atoms with Crippen LogP contribution in [0.15, 0.2) is 42.6 Å². The first kappa shape index (κ1) is 25.1. The molecule has 0 aliphatic rings. The van der Waals surface area contributed by atoms with Crippen LogP contribution in [0.25, 0.3) is 0 Å². The van der Waals surface area contributed by atoms with E-state index in [9.17, 15) is 22.8 Å². The van der Waals surface area contributed by atoms with E-state index in [2.05, 4.69) is 26.2 Å². The first-order chi connectivity index (χ1) is 12.9. The minimum Gasteiger partial charge on any atom is -0.444 e. The zero-order chi connectivity index (χ0) is 21.1. The van der Waals surface area contributed by atoms with Gasteiger partial charge >= 0.3 is 12.3 Å². The molecule has 0 aliphatic carbocycles. The Kier molecular flexibility index (Phi) is 8.40. The number of nitrogens with zero attached hydrogens (tertiary/aromatic N) is 1. The number of aromatic nitrogens is 1. The number of halogens is 5. The molecule has 1 heterocycles. The Bertz CT molecular complexity index is 883. The van der Waals surface area contributed by atoms with Crippen molar-refractivity contribution >= 4 is 50.6 Å². The molecule has 1 atom stereocenters. The van der Waals surface area contributed by atoms with Crippen LogP contribution < -0.4 is 5.32 Å². The third-order valence-electron chi connectivity index (χ3n) is 3.41. The molecule has 1 unspecified atom stereocenters. The summed E-state index contributed by atoms with van der Waals surface area (Å²) in [5.74, 6) is -0.409. The van der Waals surface area contributed by atoms with Gasteiger partial charge in [0.1, 0.15) is 16.2 Å². The van der Waals surface area contributed by atoms with Gasteiger partial charge in [-0.2, -0.15) is 13.2 Å². The minimum absolute atomic E-state index is 0. The topological polar surface area (TPSA) is 68.3 Å². The predicted molar refractivity (Wildman–Crippen MR) is 112 cm³/mol. The fraction of sp³-hybridized carbons (Fsp3) is 0.316. The lowest BCUT2D eigenvalue weighted by Crippen LogP contribution is -2.27. The van der Waals surface area contributed by atoms with E-state index in [0.29, 0.717) is 5.56 Å². The second kappa shape index (κ2) is 9.71. The van der Waals surface area contributed by atoms with E-state index in [4.69, 9.17) is 4.74 Å². The first-order valence-electron chi connectivity index (χ1n) is 8.18. The van der Waals surface area contributed by atoms with Gasteiger partial charge in [-0.05, 0) is 50.6 Å². The average Bonchev–Trinajstić information content (AvgIpc) is 2.58. The van der Waals surface area contributed by atoms with Crippen molar-refractivity contribution in [1.82, 2.24) is 4.98 Å². The highest BCUT2D eigenvalue weighted by atomic mass is 79.9. The number of pyridine rings is 1. The lowest BCUT2D eigenvalue weighted by molar-refractivity contribution is -0.137. The molecule has 2 rings (SSSR count). The number of hydrogen-bond donors (Lipinski definition) is 1. The Balaban J connectivity index is 0.00000420. The Hall–Kier alpha value is -1.94. The average molecular weight is 540 g/mol. The SMILES string of the molecule is Br.CC(C)(C)OC(=O)Nc1cc(C(Br)C(=O)c2cccc(C(F)(F)F)c2)ccn1.